The van der Waals surface area contributed by atoms with E-state index in [1.165, 1.54) is 5.34 Å². The third kappa shape index (κ3) is 16.8. The molecule has 0 fully saturated rings. The quantitative estimate of drug-likeness (QED) is 0.240. The van der Waals surface area contributed by atoms with Crippen LogP contribution < -0.4 is 0 Å². The van der Waals surface area contributed by atoms with Gasteiger partial charge in [0, 0.05) is 0 Å². The van der Waals surface area contributed by atoms with Crippen LogP contribution in [-0.4, -0.2) is 42.9 Å². The van der Waals surface area contributed by atoms with Crippen molar-refractivity contribution in [2.75, 3.05) is 0 Å². The molecule has 0 atom stereocenters. The molecule has 1 N–H and O–H groups in total. The fourth-order valence-corrected chi connectivity index (χ4v) is 0. The van der Waals surface area contributed by atoms with Crippen molar-refractivity contribution in [1.82, 2.24) is 0 Å². The average molecular weight is 89.1 g/mol. The van der Waals surface area contributed by atoms with Crippen LogP contribution in [0.1, 0.15) is 0 Å². The molecule has 4 heavy (non-hydrogen) atoms. The molecule has 0 saturated heterocycles. The first-order chi connectivity index (χ1) is 1.41. The normalized spacial score (nSPS) is 3.00. The predicted octanol–water partition coefficient (Wildman–Crippen LogP) is -0.774. The topological polar surface area (TPSA) is 49.7 Å². The van der Waals surface area contributed by atoms with Crippen molar-refractivity contribution in [3.63, 3.8) is 0 Å². The van der Waals surface area contributed by atoms with Gasteiger partial charge in [0.2, 0.25) is 0 Å². The van der Waals surface area contributed by atoms with E-state index < -0.39 is 0 Å². The predicted molar refractivity (Wildman–Crippen MR) is 16.1 cm³/mol. The number of hydrogen-bond acceptors (Lipinski definition) is 2. The molecular weight excluding hydrogens is 86.1 g/mol. The zero-order valence-electron chi connectivity index (χ0n) is 1.30. The monoisotopic (exact) mass is 89.0 g/mol. The van der Waals surface area contributed by atoms with Crippen LogP contribution in [0.4, 0.5) is 0 Å². The first-order valence-corrected chi connectivity index (χ1v) is 0.383. The van der Waals surface area contributed by atoms with E-state index in [1.54, 1.807) is 0 Å². The summed E-state index contributed by atoms with van der Waals surface area (Å²) in [6.07, 6.45) is 0. The zero-order chi connectivity index (χ0) is 2.71. The summed E-state index contributed by atoms with van der Waals surface area (Å²) in [5.74, 6) is 0. The van der Waals surface area contributed by atoms with Gasteiger partial charge >= 0.3 is 37.7 Å². The van der Waals surface area contributed by atoms with Gasteiger partial charge in [-0.25, -0.2) is 0 Å². The van der Waals surface area contributed by atoms with Crippen molar-refractivity contribution < 1.29 is 5.21 Å². The van der Waals surface area contributed by atoms with E-state index >= 15 is 0 Å². The molecule has 0 aliphatic heterocycles. The molecule has 0 aromatic heterocycles. The van der Waals surface area contributed by atoms with E-state index in [0.717, 1.165) is 0 Å². The molecule has 0 aromatic rings. The van der Waals surface area contributed by atoms with Crippen molar-refractivity contribution >= 4 is 37.7 Å². The summed E-state index contributed by atoms with van der Waals surface area (Å²) in [6, 6.07) is 0. The Morgan fingerprint density at radius 1 is 1.75 bits per heavy atom. The molecule has 0 unspecified atom stereocenters. The van der Waals surface area contributed by atoms with E-state index in [1.807, 2.05) is 0 Å². The van der Waals surface area contributed by atoms with Gasteiger partial charge in [0.15, 0.2) is 5.34 Å². The van der Waals surface area contributed by atoms with Gasteiger partial charge in [0.25, 0.3) is 0 Å². The van der Waals surface area contributed by atoms with Gasteiger partial charge in [0.1, 0.15) is 0 Å². The van der Waals surface area contributed by atoms with Crippen LogP contribution in [0.5, 0.6) is 0 Å². The van der Waals surface area contributed by atoms with Crippen LogP contribution in [0.3, 0.4) is 0 Å². The van der Waals surface area contributed by atoms with Gasteiger partial charge in [-0.2, -0.15) is 0 Å². The van der Waals surface area contributed by atoms with Gasteiger partial charge in [-0.3, -0.25) is 0 Å². The molecule has 0 rings (SSSR count). The maximum atomic E-state index is 8.11. The molecule has 0 amide bonds. The average Bonchev–Trinajstić information content (AvgIpc) is 0.918. The summed E-state index contributed by atoms with van der Waals surface area (Å²) in [5.41, 5.74) is 0. The molecular formula is H3CaNO2. The minimum atomic E-state index is 0. The standard InChI is InChI=1S/Ca.HNO2.2H/c;2-1-3;;/h;(H,2,3);;. The second kappa shape index (κ2) is 9.40. The van der Waals surface area contributed by atoms with E-state index in [4.69, 9.17) is 10.1 Å². The maximum absolute atomic E-state index is 8.11. The Hall–Kier alpha value is 0.660. The van der Waals surface area contributed by atoms with Gasteiger partial charge in [-0.05, 0) is 0 Å². The van der Waals surface area contributed by atoms with Gasteiger partial charge in [-0.15, -0.1) is 4.91 Å². The van der Waals surface area contributed by atoms with Crippen LogP contribution in [0.25, 0.3) is 0 Å². The fourth-order valence-electron chi connectivity index (χ4n) is 0. The Balaban J connectivity index is 0. The van der Waals surface area contributed by atoms with E-state index in [2.05, 4.69) is 0 Å². The number of nitrogens with zero attached hydrogens (tertiary/aromatic N) is 1. The molecule has 3 nitrogen and oxygen atoms in total. The molecule has 0 bridgehead atoms. The SMILES string of the molecule is O=NO.[CaH2]. The molecule has 0 radical (unpaired) electrons. The number of rotatable bonds is 0. The fraction of sp³-hybridized carbons (Fsp3) is 0. The van der Waals surface area contributed by atoms with Crippen LogP contribution in [0.15, 0.2) is 5.34 Å². The van der Waals surface area contributed by atoms with E-state index in [9.17, 15) is 0 Å². The molecule has 0 saturated carbocycles. The van der Waals surface area contributed by atoms with Crippen LogP contribution in [-0.2, 0) is 0 Å². The number of hydrogen-bond donors (Lipinski definition) is 1. The summed E-state index contributed by atoms with van der Waals surface area (Å²) in [7, 11) is 0. The Bertz CT molecular complexity index is 13.5. The van der Waals surface area contributed by atoms with Crippen molar-refractivity contribution in [1.29, 1.82) is 0 Å². The molecule has 0 spiro atoms. The molecule has 0 aromatic carbocycles. The van der Waals surface area contributed by atoms with Crippen LogP contribution in [0, 0.1) is 4.91 Å². The molecule has 0 aliphatic rings. The van der Waals surface area contributed by atoms with Crippen LogP contribution >= 0.6 is 0 Å². The Morgan fingerprint density at radius 2 is 1.75 bits per heavy atom. The summed E-state index contributed by atoms with van der Waals surface area (Å²) in [4.78, 5) is 8.11. The molecule has 22 valence electrons. The third-order valence-electron chi connectivity index (χ3n) is 0. The molecule has 4 heteroatoms. The van der Waals surface area contributed by atoms with Gasteiger partial charge in [0.05, 0.1) is 0 Å². The first-order valence-electron chi connectivity index (χ1n) is 0.383. The second-order valence-corrected chi connectivity index (χ2v) is 0.0816. The molecule has 0 aliphatic carbocycles. The Labute approximate surface area is 52.9 Å². The van der Waals surface area contributed by atoms with Gasteiger partial charge < -0.3 is 5.21 Å². The Morgan fingerprint density at radius 3 is 1.75 bits per heavy atom. The zero-order valence-corrected chi connectivity index (χ0v) is 1.30. The second-order valence-electron chi connectivity index (χ2n) is 0.0816. The summed E-state index contributed by atoms with van der Waals surface area (Å²) in [6.45, 7) is 0. The third-order valence-corrected chi connectivity index (χ3v) is 0. The molecule has 0 heterocycles. The van der Waals surface area contributed by atoms with E-state index in [-0.39, 0.29) is 37.7 Å². The van der Waals surface area contributed by atoms with Crippen LogP contribution in [0.2, 0.25) is 0 Å². The van der Waals surface area contributed by atoms with Crippen molar-refractivity contribution in [3.8, 4) is 0 Å². The van der Waals surface area contributed by atoms with Crippen molar-refractivity contribution in [2.45, 2.75) is 0 Å². The van der Waals surface area contributed by atoms with Crippen molar-refractivity contribution in [2.24, 2.45) is 5.34 Å². The summed E-state index contributed by atoms with van der Waals surface area (Å²) in [5, 5.41) is 7.89. The first kappa shape index (κ1) is 8.82. The Kier molecular flexibility index (Phi) is 20.7. The van der Waals surface area contributed by atoms with Crippen molar-refractivity contribution in [3.05, 3.63) is 4.91 Å². The van der Waals surface area contributed by atoms with Gasteiger partial charge in [-0.1, -0.05) is 0 Å². The summed E-state index contributed by atoms with van der Waals surface area (Å²) >= 11 is 0. The van der Waals surface area contributed by atoms with E-state index in [0.29, 0.717) is 0 Å². The minimum absolute atomic E-state index is 0. The summed E-state index contributed by atoms with van der Waals surface area (Å²) < 4.78 is 0.